The number of aliphatic carboxylic acids is 2. The second kappa shape index (κ2) is 8.65. The first-order valence-corrected chi connectivity index (χ1v) is 5.35. The molecule has 0 aromatic heterocycles. The van der Waals surface area contributed by atoms with Gasteiger partial charge < -0.3 is 21.3 Å². The Kier molecular flexibility index (Phi) is 7.55. The van der Waals surface area contributed by atoms with Gasteiger partial charge in [-0.15, -0.1) is 0 Å². The normalized spacial score (nSPS) is 10.8. The van der Waals surface area contributed by atoms with Gasteiger partial charge in [-0.25, -0.2) is 0 Å². The molecule has 0 saturated carbocycles. The van der Waals surface area contributed by atoms with Crippen molar-refractivity contribution in [2.75, 3.05) is 7.05 Å². The number of rotatable bonds is 5. The van der Waals surface area contributed by atoms with Crippen LogP contribution in [0.25, 0.3) is 0 Å². The van der Waals surface area contributed by atoms with E-state index >= 15 is 0 Å². The Morgan fingerprint density at radius 3 is 1.95 bits per heavy atom. The van der Waals surface area contributed by atoms with Crippen LogP contribution in [0.4, 0.5) is 0 Å². The molecule has 0 fully saturated rings. The van der Waals surface area contributed by atoms with E-state index in [0.29, 0.717) is 5.56 Å². The standard InChI is InChI=1S/C7H7NO.C5H9NO4/c8-7(9)6-4-2-1-3-5-6;1-6-3(5(9)10)2-4(7)8/h1-5H,(H2,8,9);3,6H,2H2,1H3,(H,7,8)(H,9,10)/t;3-/m.1/s1. The average molecular weight is 268 g/mol. The number of hydrogen-bond donors (Lipinski definition) is 4. The van der Waals surface area contributed by atoms with Crippen molar-refractivity contribution in [1.82, 2.24) is 5.32 Å². The third kappa shape index (κ3) is 7.50. The molecule has 7 heteroatoms. The zero-order chi connectivity index (χ0) is 14.8. The van der Waals surface area contributed by atoms with Gasteiger partial charge in [0.05, 0.1) is 6.42 Å². The molecule has 7 nitrogen and oxygen atoms in total. The molecule has 1 atom stereocenters. The molecule has 0 heterocycles. The highest BCUT2D eigenvalue weighted by Gasteiger charge is 2.17. The Balaban J connectivity index is 0.000000342. The molecule has 5 N–H and O–H groups in total. The minimum Gasteiger partial charge on any atom is -0.481 e. The van der Waals surface area contributed by atoms with Crippen LogP contribution in [0.15, 0.2) is 30.3 Å². The lowest BCUT2D eigenvalue weighted by Crippen LogP contribution is -2.35. The maximum atomic E-state index is 10.4. The molecule has 1 aromatic rings. The van der Waals surface area contributed by atoms with E-state index in [1.54, 1.807) is 24.3 Å². The number of carboxylic acids is 2. The number of amides is 1. The van der Waals surface area contributed by atoms with Crippen LogP contribution in [0.1, 0.15) is 16.8 Å². The molecule has 0 radical (unpaired) electrons. The monoisotopic (exact) mass is 268 g/mol. The lowest BCUT2D eigenvalue weighted by molar-refractivity contribution is -0.145. The van der Waals surface area contributed by atoms with Crippen molar-refractivity contribution in [2.24, 2.45) is 5.73 Å². The molecule has 0 saturated heterocycles. The SMILES string of the molecule is CN[C@H](CC(=O)O)C(=O)O.NC(=O)c1ccccc1. The van der Waals surface area contributed by atoms with Crippen molar-refractivity contribution in [3.63, 3.8) is 0 Å². The Morgan fingerprint density at radius 1 is 1.21 bits per heavy atom. The third-order valence-corrected chi connectivity index (χ3v) is 2.08. The van der Waals surface area contributed by atoms with E-state index in [1.807, 2.05) is 6.07 Å². The quantitative estimate of drug-likeness (QED) is 0.591. The van der Waals surface area contributed by atoms with E-state index in [4.69, 9.17) is 15.9 Å². The van der Waals surface area contributed by atoms with Gasteiger partial charge in [-0.05, 0) is 19.2 Å². The summed E-state index contributed by atoms with van der Waals surface area (Å²) in [7, 11) is 1.40. The van der Waals surface area contributed by atoms with E-state index in [2.05, 4.69) is 5.32 Å². The Bertz CT molecular complexity index is 433. The molecule has 19 heavy (non-hydrogen) atoms. The summed E-state index contributed by atoms with van der Waals surface area (Å²) in [5, 5.41) is 18.8. The number of likely N-dealkylation sites (N-methyl/N-ethyl adjacent to an activating group) is 1. The van der Waals surface area contributed by atoms with Crippen LogP contribution in [0, 0.1) is 0 Å². The maximum Gasteiger partial charge on any atom is 0.321 e. The Labute approximate surface area is 110 Å². The lowest BCUT2D eigenvalue weighted by atomic mass is 10.2. The van der Waals surface area contributed by atoms with E-state index in [0.717, 1.165) is 0 Å². The summed E-state index contributed by atoms with van der Waals surface area (Å²) < 4.78 is 0. The van der Waals surface area contributed by atoms with Crippen LogP contribution >= 0.6 is 0 Å². The molecule has 0 unspecified atom stereocenters. The van der Waals surface area contributed by atoms with Crippen molar-refractivity contribution >= 4 is 17.8 Å². The van der Waals surface area contributed by atoms with Crippen molar-refractivity contribution < 1.29 is 24.6 Å². The third-order valence-electron chi connectivity index (χ3n) is 2.08. The molecular formula is C12H16N2O5. The summed E-state index contributed by atoms with van der Waals surface area (Å²) in [4.78, 5) is 30.5. The summed E-state index contributed by atoms with van der Waals surface area (Å²) in [6, 6.07) is 7.77. The molecule has 1 rings (SSSR count). The van der Waals surface area contributed by atoms with Crippen LogP contribution in [-0.4, -0.2) is 41.1 Å². The van der Waals surface area contributed by atoms with Gasteiger partial charge in [0.1, 0.15) is 6.04 Å². The first kappa shape index (κ1) is 16.6. The molecule has 0 aliphatic heterocycles. The van der Waals surface area contributed by atoms with Crippen LogP contribution in [0.5, 0.6) is 0 Å². The number of carbonyl (C=O) groups excluding carboxylic acids is 1. The highest BCUT2D eigenvalue weighted by molar-refractivity contribution is 5.92. The Morgan fingerprint density at radius 2 is 1.74 bits per heavy atom. The molecule has 104 valence electrons. The van der Waals surface area contributed by atoms with Crippen molar-refractivity contribution in [1.29, 1.82) is 0 Å². The van der Waals surface area contributed by atoms with E-state index in [-0.39, 0.29) is 5.91 Å². The highest BCUT2D eigenvalue weighted by Crippen LogP contribution is 1.94. The minimum atomic E-state index is -1.15. The molecule has 0 aliphatic carbocycles. The molecule has 0 spiro atoms. The fraction of sp³-hybridized carbons (Fsp3) is 0.250. The van der Waals surface area contributed by atoms with Gasteiger partial charge in [-0.3, -0.25) is 14.4 Å². The summed E-state index contributed by atoms with van der Waals surface area (Å²) in [5.74, 6) is -2.65. The number of nitrogens with two attached hydrogens (primary N) is 1. The molecule has 1 amide bonds. The Hall–Kier alpha value is -2.41. The zero-order valence-electron chi connectivity index (χ0n) is 10.4. The van der Waals surface area contributed by atoms with Gasteiger partial charge >= 0.3 is 11.9 Å². The summed E-state index contributed by atoms with van der Waals surface area (Å²) in [6.07, 6.45) is -0.397. The number of carboxylic acid groups (broad SMARTS) is 2. The smallest absolute Gasteiger partial charge is 0.321 e. The highest BCUT2D eigenvalue weighted by atomic mass is 16.4. The van der Waals surface area contributed by atoms with E-state index in [1.165, 1.54) is 7.05 Å². The number of benzene rings is 1. The van der Waals surface area contributed by atoms with Gasteiger partial charge in [0.25, 0.3) is 0 Å². The second-order valence-electron chi connectivity index (χ2n) is 3.51. The predicted molar refractivity (Wildman–Crippen MR) is 67.7 cm³/mol. The van der Waals surface area contributed by atoms with E-state index < -0.39 is 24.4 Å². The molecular weight excluding hydrogens is 252 g/mol. The van der Waals surface area contributed by atoms with Crippen molar-refractivity contribution in [2.45, 2.75) is 12.5 Å². The minimum absolute atomic E-state index is 0.379. The first-order chi connectivity index (χ1) is 8.88. The van der Waals surface area contributed by atoms with Crippen LogP contribution in [-0.2, 0) is 9.59 Å². The van der Waals surface area contributed by atoms with Gasteiger partial charge in [-0.1, -0.05) is 18.2 Å². The van der Waals surface area contributed by atoms with Gasteiger partial charge in [0.15, 0.2) is 0 Å². The van der Waals surface area contributed by atoms with Crippen LogP contribution in [0.2, 0.25) is 0 Å². The molecule has 0 aliphatic rings. The molecule has 1 aromatic carbocycles. The molecule has 0 bridgehead atoms. The van der Waals surface area contributed by atoms with Gasteiger partial charge in [0.2, 0.25) is 5.91 Å². The number of hydrogen-bond acceptors (Lipinski definition) is 4. The fourth-order valence-electron chi connectivity index (χ4n) is 1.09. The predicted octanol–water partition coefficient (Wildman–Crippen LogP) is -0.0808. The topological polar surface area (TPSA) is 130 Å². The van der Waals surface area contributed by atoms with Crippen LogP contribution < -0.4 is 11.1 Å². The van der Waals surface area contributed by atoms with E-state index in [9.17, 15) is 14.4 Å². The van der Waals surface area contributed by atoms with Crippen molar-refractivity contribution in [3.05, 3.63) is 35.9 Å². The van der Waals surface area contributed by atoms with Gasteiger partial charge in [0, 0.05) is 5.56 Å². The lowest BCUT2D eigenvalue weighted by Gasteiger charge is -2.06. The van der Waals surface area contributed by atoms with Crippen LogP contribution in [0.3, 0.4) is 0 Å². The maximum absolute atomic E-state index is 10.4. The van der Waals surface area contributed by atoms with Gasteiger partial charge in [-0.2, -0.15) is 0 Å². The first-order valence-electron chi connectivity index (χ1n) is 5.35. The largest absolute Gasteiger partial charge is 0.481 e. The summed E-state index contributed by atoms with van der Waals surface area (Å²) in [6.45, 7) is 0. The summed E-state index contributed by atoms with van der Waals surface area (Å²) in [5.41, 5.74) is 5.53. The zero-order valence-corrected chi connectivity index (χ0v) is 10.4. The average Bonchev–Trinajstić information content (AvgIpc) is 2.37. The fourth-order valence-corrected chi connectivity index (χ4v) is 1.09. The number of carbonyl (C=O) groups is 3. The second-order valence-corrected chi connectivity index (χ2v) is 3.51. The number of nitrogens with one attached hydrogen (secondary N) is 1. The number of primary amides is 1. The summed E-state index contributed by atoms with van der Waals surface area (Å²) >= 11 is 0. The van der Waals surface area contributed by atoms with Crippen molar-refractivity contribution in [3.8, 4) is 0 Å².